The number of aromatic nitrogens is 1. The van der Waals surface area contributed by atoms with Crippen LogP contribution in [0.3, 0.4) is 0 Å². The molecule has 2 rings (SSSR count). The Hall–Kier alpha value is -2.07. The van der Waals surface area contributed by atoms with Crippen molar-refractivity contribution in [1.29, 1.82) is 0 Å². The first-order valence-electron chi connectivity index (χ1n) is 9.11. The molecule has 0 aliphatic carbocycles. The minimum atomic E-state index is -0.411. The van der Waals surface area contributed by atoms with Gasteiger partial charge in [0.15, 0.2) is 0 Å². The first-order valence-corrected chi connectivity index (χ1v) is 9.49. The van der Waals surface area contributed by atoms with Crippen LogP contribution >= 0.6 is 11.6 Å². The lowest BCUT2D eigenvalue weighted by Crippen LogP contribution is -2.11. The molecule has 4 nitrogen and oxygen atoms in total. The molecule has 0 radical (unpaired) electrons. The van der Waals surface area contributed by atoms with Crippen LogP contribution in [0.25, 0.3) is 0 Å². The molecule has 0 unspecified atom stereocenters. The molecule has 0 N–H and O–H groups in total. The zero-order valence-electron chi connectivity index (χ0n) is 15.6. The van der Waals surface area contributed by atoms with E-state index in [2.05, 4.69) is 18.8 Å². The first-order chi connectivity index (χ1) is 12.6. The molecule has 0 atom stereocenters. The Morgan fingerprint density at radius 3 is 2.62 bits per heavy atom. The number of halogens is 1. The van der Waals surface area contributed by atoms with Crippen molar-refractivity contribution in [3.63, 3.8) is 0 Å². The second kappa shape index (κ2) is 10.2. The Labute approximate surface area is 160 Å². The van der Waals surface area contributed by atoms with E-state index in [1.807, 2.05) is 30.3 Å². The SMILES string of the molecule is CCOC(=O)c1cccc(Cc2cc(Cl)ccc2OCC(CC)CC)n1. The second-order valence-corrected chi connectivity index (χ2v) is 6.59. The molecule has 1 aromatic heterocycles. The first kappa shape index (κ1) is 20.2. The summed E-state index contributed by atoms with van der Waals surface area (Å²) in [6.07, 6.45) is 2.71. The van der Waals surface area contributed by atoms with E-state index < -0.39 is 5.97 Å². The number of carbonyl (C=O) groups excluding carboxylic acids is 1. The summed E-state index contributed by atoms with van der Waals surface area (Å²) in [6.45, 7) is 7.12. The van der Waals surface area contributed by atoms with Crippen molar-refractivity contribution in [3.8, 4) is 5.75 Å². The van der Waals surface area contributed by atoms with Gasteiger partial charge in [-0.1, -0.05) is 44.4 Å². The largest absolute Gasteiger partial charge is 0.493 e. The molecule has 0 bridgehead atoms. The molecule has 0 saturated heterocycles. The molecule has 2 aromatic rings. The average molecular weight is 376 g/mol. The van der Waals surface area contributed by atoms with Crippen LogP contribution < -0.4 is 4.74 Å². The molecular weight excluding hydrogens is 350 g/mol. The normalized spacial score (nSPS) is 10.8. The summed E-state index contributed by atoms with van der Waals surface area (Å²) in [7, 11) is 0. The minimum Gasteiger partial charge on any atom is -0.493 e. The van der Waals surface area contributed by atoms with Gasteiger partial charge in [0.25, 0.3) is 0 Å². The molecule has 0 saturated carbocycles. The van der Waals surface area contributed by atoms with Gasteiger partial charge in [-0.3, -0.25) is 0 Å². The average Bonchev–Trinajstić information content (AvgIpc) is 2.64. The highest BCUT2D eigenvalue weighted by atomic mass is 35.5. The number of hydrogen-bond donors (Lipinski definition) is 0. The Morgan fingerprint density at radius 1 is 1.15 bits per heavy atom. The monoisotopic (exact) mass is 375 g/mol. The van der Waals surface area contributed by atoms with E-state index >= 15 is 0 Å². The van der Waals surface area contributed by atoms with Gasteiger partial charge >= 0.3 is 5.97 Å². The summed E-state index contributed by atoms with van der Waals surface area (Å²) in [4.78, 5) is 16.3. The van der Waals surface area contributed by atoms with Crippen LogP contribution in [0.15, 0.2) is 36.4 Å². The highest BCUT2D eigenvalue weighted by Gasteiger charge is 2.12. The molecule has 26 heavy (non-hydrogen) atoms. The number of pyridine rings is 1. The number of nitrogens with zero attached hydrogens (tertiary/aromatic N) is 1. The van der Waals surface area contributed by atoms with E-state index in [9.17, 15) is 4.79 Å². The van der Waals surface area contributed by atoms with Crippen molar-refractivity contribution in [2.24, 2.45) is 5.92 Å². The van der Waals surface area contributed by atoms with E-state index in [1.54, 1.807) is 13.0 Å². The Kier molecular flexibility index (Phi) is 7.92. The van der Waals surface area contributed by atoms with Gasteiger partial charge in [-0.25, -0.2) is 9.78 Å². The predicted octanol–water partition coefficient (Wildman–Crippen LogP) is 5.32. The molecule has 1 aromatic carbocycles. The van der Waals surface area contributed by atoms with Gasteiger partial charge in [0.1, 0.15) is 11.4 Å². The van der Waals surface area contributed by atoms with Gasteiger partial charge in [-0.05, 0) is 43.2 Å². The van der Waals surface area contributed by atoms with Crippen LogP contribution in [0.5, 0.6) is 5.75 Å². The summed E-state index contributed by atoms with van der Waals surface area (Å²) in [6, 6.07) is 11.0. The molecular formula is C21H26ClNO3. The number of carbonyl (C=O) groups is 1. The van der Waals surface area contributed by atoms with E-state index in [4.69, 9.17) is 21.1 Å². The Balaban J connectivity index is 2.19. The van der Waals surface area contributed by atoms with Crippen molar-refractivity contribution < 1.29 is 14.3 Å². The fourth-order valence-corrected chi connectivity index (χ4v) is 2.85. The van der Waals surface area contributed by atoms with Crippen molar-refractivity contribution >= 4 is 17.6 Å². The zero-order valence-corrected chi connectivity index (χ0v) is 16.4. The van der Waals surface area contributed by atoms with Gasteiger partial charge in [0.05, 0.1) is 13.2 Å². The van der Waals surface area contributed by atoms with E-state index in [0.717, 1.165) is 29.8 Å². The third-order valence-electron chi connectivity index (χ3n) is 4.31. The summed E-state index contributed by atoms with van der Waals surface area (Å²) in [5.41, 5.74) is 2.04. The quantitative estimate of drug-likeness (QED) is 0.556. The predicted molar refractivity (Wildman–Crippen MR) is 104 cm³/mol. The van der Waals surface area contributed by atoms with Crippen LogP contribution in [0, 0.1) is 5.92 Å². The van der Waals surface area contributed by atoms with Crippen molar-refractivity contribution in [1.82, 2.24) is 4.98 Å². The zero-order chi connectivity index (χ0) is 18.9. The van der Waals surface area contributed by atoms with Crippen LogP contribution in [-0.4, -0.2) is 24.2 Å². The number of hydrogen-bond acceptors (Lipinski definition) is 4. The fraction of sp³-hybridized carbons (Fsp3) is 0.429. The molecule has 140 valence electrons. The fourth-order valence-electron chi connectivity index (χ4n) is 2.65. The van der Waals surface area contributed by atoms with E-state index in [0.29, 0.717) is 36.3 Å². The minimum absolute atomic E-state index is 0.311. The van der Waals surface area contributed by atoms with Crippen LogP contribution in [-0.2, 0) is 11.2 Å². The number of esters is 1. The second-order valence-electron chi connectivity index (χ2n) is 6.16. The lowest BCUT2D eigenvalue weighted by atomic mass is 10.0. The van der Waals surface area contributed by atoms with Gasteiger partial charge in [-0.2, -0.15) is 0 Å². The van der Waals surface area contributed by atoms with Crippen LogP contribution in [0.2, 0.25) is 5.02 Å². The number of ether oxygens (including phenoxy) is 2. The Morgan fingerprint density at radius 2 is 1.92 bits per heavy atom. The lowest BCUT2D eigenvalue weighted by molar-refractivity contribution is 0.0519. The number of benzene rings is 1. The third kappa shape index (κ3) is 5.73. The maximum absolute atomic E-state index is 11.9. The van der Waals surface area contributed by atoms with Crippen LogP contribution in [0.1, 0.15) is 55.4 Å². The van der Waals surface area contributed by atoms with E-state index in [-0.39, 0.29) is 0 Å². The van der Waals surface area contributed by atoms with Gasteiger partial charge in [0.2, 0.25) is 0 Å². The maximum atomic E-state index is 11.9. The van der Waals surface area contributed by atoms with Crippen molar-refractivity contribution in [2.45, 2.75) is 40.0 Å². The van der Waals surface area contributed by atoms with Crippen molar-refractivity contribution in [2.75, 3.05) is 13.2 Å². The molecule has 0 fully saturated rings. The summed E-state index contributed by atoms with van der Waals surface area (Å²) in [5, 5.41) is 0.649. The van der Waals surface area contributed by atoms with E-state index in [1.165, 1.54) is 0 Å². The maximum Gasteiger partial charge on any atom is 0.356 e. The highest BCUT2D eigenvalue weighted by Crippen LogP contribution is 2.26. The summed E-state index contributed by atoms with van der Waals surface area (Å²) < 4.78 is 11.1. The standard InChI is InChI=1S/C21H26ClNO3/c1-4-15(5-2)14-26-20-11-10-17(22)12-16(20)13-18-8-7-9-19(23-18)21(24)25-6-3/h7-12,15H,4-6,13-14H2,1-3H3. The lowest BCUT2D eigenvalue weighted by Gasteiger charge is -2.16. The molecule has 0 spiro atoms. The third-order valence-corrected chi connectivity index (χ3v) is 4.55. The summed E-state index contributed by atoms with van der Waals surface area (Å²) >= 11 is 6.17. The molecule has 5 heteroatoms. The molecule has 1 heterocycles. The van der Waals surface area contributed by atoms with Gasteiger partial charge < -0.3 is 9.47 Å². The molecule has 0 amide bonds. The van der Waals surface area contributed by atoms with Crippen molar-refractivity contribution in [3.05, 3.63) is 58.4 Å². The number of rotatable bonds is 9. The van der Waals surface area contributed by atoms with Gasteiger partial charge in [0, 0.05) is 22.7 Å². The van der Waals surface area contributed by atoms with Gasteiger partial charge in [-0.15, -0.1) is 0 Å². The van der Waals surface area contributed by atoms with Crippen LogP contribution in [0.4, 0.5) is 0 Å². The smallest absolute Gasteiger partial charge is 0.356 e. The summed E-state index contributed by atoms with van der Waals surface area (Å²) in [5.74, 6) is 0.930. The molecule has 0 aliphatic heterocycles. The molecule has 0 aliphatic rings. The topological polar surface area (TPSA) is 48.4 Å². The highest BCUT2D eigenvalue weighted by molar-refractivity contribution is 6.30. The Bertz CT molecular complexity index is 729.